The lowest BCUT2D eigenvalue weighted by molar-refractivity contribution is -0.142. The van der Waals surface area contributed by atoms with Gasteiger partial charge >= 0.3 is 17.6 Å². The SMILES string of the molecule is CC(=O)Nc1ccn([C@@H]2O[C@H](COCc3ccccc3)[C@@H](OC(=O)c3ccc(-c4ccccc4)cc3)C2(F)F)c(=O)n1. The molecule has 0 radical (unpaired) electrons. The number of anilines is 1. The Morgan fingerprint density at radius 2 is 1.60 bits per heavy atom. The number of hydrogen-bond acceptors (Lipinski definition) is 7. The number of carbonyl (C=O) groups excluding carboxylic acids is 2. The number of rotatable bonds is 9. The molecule has 0 bridgehead atoms. The van der Waals surface area contributed by atoms with Crippen molar-refractivity contribution >= 4 is 17.7 Å². The summed E-state index contributed by atoms with van der Waals surface area (Å²) in [6, 6.07) is 26.1. The number of carbonyl (C=O) groups is 2. The van der Waals surface area contributed by atoms with E-state index < -0.39 is 41.9 Å². The molecule has 0 saturated carbocycles. The number of nitrogens with zero attached hydrogens (tertiary/aromatic N) is 2. The van der Waals surface area contributed by atoms with E-state index in [4.69, 9.17) is 14.2 Å². The molecule has 1 aromatic heterocycles. The van der Waals surface area contributed by atoms with Gasteiger partial charge in [-0.2, -0.15) is 13.8 Å². The molecule has 42 heavy (non-hydrogen) atoms. The number of aromatic nitrogens is 2. The van der Waals surface area contributed by atoms with E-state index in [1.165, 1.54) is 25.1 Å². The smallest absolute Gasteiger partial charge is 0.351 e. The molecule has 1 fully saturated rings. The minimum Gasteiger partial charge on any atom is -0.449 e. The molecule has 1 aliphatic heterocycles. The maximum Gasteiger partial charge on any atom is 0.351 e. The van der Waals surface area contributed by atoms with Crippen LogP contribution in [0.25, 0.3) is 11.1 Å². The van der Waals surface area contributed by atoms with Crippen LogP contribution in [0.15, 0.2) is 102 Å². The quantitative estimate of drug-likeness (QED) is 0.285. The van der Waals surface area contributed by atoms with Crippen molar-refractivity contribution in [2.45, 2.75) is 37.9 Å². The Hall–Kier alpha value is -4.74. The molecule has 216 valence electrons. The summed E-state index contributed by atoms with van der Waals surface area (Å²) >= 11 is 0. The molecule has 0 aliphatic carbocycles. The number of halogens is 2. The predicted molar refractivity (Wildman–Crippen MR) is 149 cm³/mol. The Bertz CT molecular complexity index is 1600. The zero-order valence-electron chi connectivity index (χ0n) is 22.5. The van der Waals surface area contributed by atoms with Crippen LogP contribution in [0.3, 0.4) is 0 Å². The molecular formula is C31H27F2N3O6. The van der Waals surface area contributed by atoms with E-state index in [0.717, 1.165) is 22.9 Å². The van der Waals surface area contributed by atoms with Gasteiger partial charge in [0, 0.05) is 13.1 Å². The van der Waals surface area contributed by atoms with Gasteiger partial charge in [0.25, 0.3) is 0 Å². The fourth-order valence-electron chi connectivity index (χ4n) is 4.57. The third-order valence-corrected chi connectivity index (χ3v) is 6.59. The Kier molecular flexibility index (Phi) is 8.51. The Balaban J connectivity index is 1.38. The van der Waals surface area contributed by atoms with Crippen LogP contribution in [-0.4, -0.2) is 46.2 Å². The number of alkyl halides is 2. The van der Waals surface area contributed by atoms with E-state index in [9.17, 15) is 14.4 Å². The van der Waals surface area contributed by atoms with Gasteiger partial charge in [-0.1, -0.05) is 72.8 Å². The molecular weight excluding hydrogens is 548 g/mol. The van der Waals surface area contributed by atoms with Crippen molar-refractivity contribution in [3.05, 3.63) is 119 Å². The first kappa shape index (κ1) is 28.8. The standard InChI is InChI=1S/C31H27F2N3O6/c1-20(37)34-26-16-17-36(30(39)35-26)29-31(32,33)27(25(41-29)19-40-18-21-8-4-2-5-9-21)42-28(38)24-14-12-23(13-15-24)22-10-6-3-7-11-22/h2-17,25,27,29H,18-19H2,1H3,(H,34,35,37,39)/t25-,27-,29-/m1/s1. The van der Waals surface area contributed by atoms with Crippen molar-refractivity contribution in [1.29, 1.82) is 0 Å². The number of ether oxygens (including phenoxy) is 3. The molecule has 9 nitrogen and oxygen atoms in total. The fourth-order valence-corrected chi connectivity index (χ4v) is 4.57. The van der Waals surface area contributed by atoms with Gasteiger partial charge in [0.15, 0.2) is 6.10 Å². The van der Waals surface area contributed by atoms with Crippen molar-refractivity contribution in [3.8, 4) is 11.1 Å². The maximum atomic E-state index is 15.9. The van der Waals surface area contributed by atoms with Gasteiger partial charge in [0.05, 0.1) is 18.8 Å². The van der Waals surface area contributed by atoms with Crippen LogP contribution < -0.4 is 11.0 Å². The van der Waals surface area contributed by atoms with Gasteiger partial charge in [-0.25, -0.2) is 9.59 Å². The molecule has 1 aliphatic rings. The molecule has 0 unspecified atom stereocenters. The lowest BCUT2D eigenvalue weighted by Gasteiger charge is -2.24. The minimum atomic E-state index is -3.85. The zero-order valence-corrected chi connectivity index (χ0v) is 22.5. The second-order valence-electron chi connectivity index (χ2n) is 9.66. The summed E-state index contributed by atoms with van der Waals surface area (Å²) in [6.45, 7) is 0.971. The van der Waals surface area contributed by atoms with Crippen molar-refractivity contribution in [1.82, 2.24) is 9.55 Å². The molecule has 1 amide bonds. The zero-order chi connectivity index (χ0) is 29.7. The van der Waals surface area contributed by atoms with Crippen molar-refractivity contribution in [2.24, 2.45) is 0 Å². The lowest BCUT2D eigenvalue weighted by atomic mass is 10.0. The number of hydrogen-bond donors (Lipinski definition) is 1. The number of esters is 1. The summed E-state index contributed by atoms with van der Waals surface area (Å²) in [4.78, 5) is 40.7. The molecule has 1 N–H and O–H groups in total. The maximum absolute atomic E-state index is 15.9. The van der Waals surface area contributed by atoms with Crippen LogP contribution in [-0.2, 0) is 25.6 Å². The predicted octanol–water partition coefficient (Wildman–Crippen LogP) is 4.84. The highest BCUT2D eigenvalue weighted by molar-refractivity contribution is 5.90. The van der Waals surface area contributed by atoms with Gasteiger partial charge in [0.2, 0.25) is 12.1 Å². The number of benzene rings is 3. The van der Waals surface area contributed by atoms with E-state index >= 15 is 8.78 Å². The van der Waals surface area contributed by atoms with E-state index in [1.807, 2.05) is 60.7 Å². The molecule has 11 heteroatoms. The van der Waals surface area contributed by atoms with Crippen molar-refractivity contribution in [2.75, 3.05) is 11.9 Å². The highest BCUT2D eigenvalue weighted by Gasteiger charge is 2.62. The van der Waals surface area contributed by atoms with Gasteiger partial charge in [-0.3, -0.25) is 9.36 Å². The van der Waals surface area contributed by atoms with Crippen molar-refractivity contribution in [3.63, 3.8) is 0 Å². The summed E-state index contributed by atoms with van der Waals surface area (Å²) in [6.07, 6.45) is -4.61. The van der Waals surface area contributed by atoms with Crippen LogP contribution in [0, 0.1) is 0 Å². The summed E-state index contributed by atoms with van der Waals surface area (Å²) < 4.78 is 49.0. The first-order chi connectivity index (χ1) is 20.2. The van der Waals surface area contributed by atoms with E-state index in [2.05, 4.69) is 10.3 Å². The van der Waals surface area contributed by atoms with E-state index in [-0.39, 0.29) is 24.6 Å². The second-order valence-corrected chi connectivity index (χ2v) is 9.66. The van der Waals surface area contributed by atoms with Crippen LogP contribution >= 0.6 is 0 Å². The van der Waals surface area contributed by atoms with Crippen LogP contribution in [0.1, 0.15) is 29.1 Å². The van der Waals surface area contributed by atoms with Gasteiger partial charge in [0.1, 0.15) is 11.9 Å². The van der Waals surface area contributed by atoms with E-state index in [1.54, 1.807) is 12.1 Å². The number of amides is 1. The second kappa shape index (κ2) is 12.4. The topological polar surface area (TPSA) is 109 Å². The Labute approximate surface area is 239 Å². The van der Waals surface area contributed by atoms with Gasteiger partial charge < -0.3 is 19.5 Å². The highest BCUT2D eigenvalue weighted by Crippen LogP contribution is 2.44. The summed E-state index contributed by atoms with van der Waals surface area (Å²) in [5.74, 6) is -5.42. The molecule has 5 rings (SSSR count). The van der Waals surface area contributed by atoms with E-state index in [0.29, 0.717) is 4.57 Å². The highest BCUT2D eigenvalue weighted by atomic mass is 19.3. The third-order valence-electron chi connectivity index (χ3n) is 6.59. The van der Waals surface area contributed by atoms with Gasteiger partial charge in [-0.15, -0.1) is 0 Å². The fraction of sp³-hybridized carbons (Fsp3) is 0.226. The first-order valence-corrected chi connectivity index (χ1v) is 13.1. The van der Waals surface area contributed by atoms with Crippen LogP contribution in [0.5, 0.6) is 0 Å². The Morgan fingerprint density at radius 3 is 2.24 bits per heavy atom. The minimum absolute atomic E-state index is 0.0661. The van der Waals surface area contributed by atoms with Crippen LogP contribution in [0.4, 0.5) is 14.6 Å². The van der Waals surface area contributed by atoms with Crippen LogP contribution in [0.2, 0.25) is 0 Å². The lowest BCUT2D eigenvalue weighted by Crippen LogP contribution is -2.44. The average Bonchev–Trinajstić information content (AvgIpc) is 3.22. The average molecular weight is 576 g/mol. The summed E-state index contributed by atoms with van der Waals surface area (Å²) in [7, 11) is 0. The van der Waals surface area contributed by atoms with Gasteiger partial charge in [-0.05, 0) is 34.9 Å². The Morgan fingerprint density at radius 1 is 0.952 bits per heavy atom. The molecule has 3 aromatic carbocycles. The third kappa shape index (κ3) is 6.42. The number of nitrogens with one attached hydrogen (secondary N) is 1. The largest absolute Gasteiger partial charge is 0.449 e. The first-order valence-electron chi connectivity index (χ1n) is 13.1. The molecule has 1 saturated heterocycles. The molecule has 2 heterocycles. The summed E-state index contributed by atoms with van der Waals surface area (Å²) in [5.41, 5.74) is 1.55. The normalized spacial score (nSPS) is 19.3. The molecule has 4 aromatic rings. The molecule has 3 atom stereocenters. The summed E-state index contributed by atoms with van der Waals surface area (Å²) in [5, 5.41) is 2.32. The molecule has 0 spiro atoms. The monoisotopic (exact) mass is 575 g/mol. The van der Waals surface area contributed by atoms with Crippen molar-refractivity contribution < 1.29 is 32.6 Å².